The number of carbonyl (C=O) groups excluding carboxylic acids is 1. The quantitative estimate of drug-likeness (QED) is 0.888. The van der Waals surface area contributed by atoms with E-state index in [2.05, 4.69) is 22.0 Å². The van der Waals surface area contributed by atoms with Crippen LogP contribution in [0.25, 0.3) is 0 Å². The predicted molar refractivity (Wildman–Crippen MR) is 96.4 cm³/mol. The van der Waals surface area contributed by atoms with Crippen LogP contribution >= 0.6 is 11.3 Å². The first kappa shape index (κ1) is 16.4. The van der Waals surface area contributed by atoms with Crippen LogP contribution in [0.1, 0.15) is 24.3 Å². The number of amides is 1. The fraction of sp³-hybridized carbons (Fsp3) is 0.444. The van der Waals surface area contributed by atoms with E-state index in [4.69, 9.17) is 15.2 Å². The van der Waals surface area contributed by atoms with Crippen molar-refractivity contribution in [1.29, 1.82) is 0 Å². The number of primary amides is 1. The number of hydrogen-bond donors (Lipinski definition) is 1. The Morgan fingerprint density at radius 1 is 1.24 bits per heavy atom. The molecule has 1 aromatic heterocycles. The molecular formula is C18H21N3O3S. The van der Waals surface area contributed by atoms with E-state index in [0.717, 1.165) is 56.3 Å². The highest BCUT2D eigenvalue weighted by molar-refractivity contribution is 7.13. The summed E-state index contributed by atoms with van der Waals surface area (Å²) in [5.74, 6) is 0.475. The van der Waals surface area contributed by atoms with Gasteiger partial charge in [0.15, 0.2) is 0 Å². The van der Waals surface area contributed by atoms with Gasteiger partial charge in [0.1, 0.15) is 16.2 Å². The molecule has 0 atom stereocenters. The van der Waals surface area contributed by atoms with Crippen molar-refractivity contribution in [3.63, 3.8) is 0 Å². The lowest BCUT2D eigenvalue weighted by Crippen LogP contribution is -2.46. The molecule has 132 valence electrons. The third kappa shape index (κ3) is 3.09. The van der Waals surface area contributed by atoms with Crippen molar-refractivity contribution in [1.82, 2.24) is 4.98 Å². The molecule has 1 aliphatic heterocycles. The first-order valence-electron chi connectivity index (χ1n) is 8.54. The molecule has 4 rings (SSSR count). The van der Waals surface area contributed by atoms with Gasteiger partial charge in [-0.3, -0.25) is 4.79 Å². The van der Waals surface area contributed by atoms with E-state index >= 15 is 0 Å². The standard InChI is InChI=1S/C18H21N3O3S/c19-16(22)18(6-1-7-18)17-20-12-15(25-17)24-14-4-2-13(3-5-14)21-8-10-23-11-9-21/h2-5,12H,1,6-11H2,(H2,19,22). The predicted octanol–water partition coefficient (Wildman–Crippen LogP) is 2.68. The smallest absolute Gasteiger partial charge is 0.230 e. The van der Waals surface area contributed by atoms with E-state index in [1.807, 2.05) is 12.1 Å². The van der Waals surface area contributed by atoms with Gasteiger partial charge >= 0.3 is 0 Å². The summed E-state index contributed by atoms with van der Waals surface area (Å²) in [5.41, 5.74) is 6.18. The van der Waals surface area contributed by atoms with E-state index in [1.165, 1.54) is 17.0 Å². The number of thiazole rings is 1. The van der Waals surface area contributed by atoms with Crippen molar-refractivity contribution in [2.45, 2.75) is 24.7 Å². The third-order valence-electron chi connectivity index (χ3n) is 5.00. The number of ether oxygens (including phenoxy) is 2. The molecule has 1 amide bonds. The normalized spacial score (nSPS) is 19.3. The van der Waals surface area contributed by atoms with Crippen molar-refractivity contribution in [3.8, 4) is 10.8 Å². The molecule has 0 radical (unpaired) electrons. The van der Waals surface area contributed by atoms with Crippen LogP contribution in [0.4, 0.5) is 5.69 Å². The van der Waals surface area contributed by atoms with Crippen molar-refractivity contribution in [2.24, 2.45) is 5.73 Å². The number of rotatable bonds is 5. The Kier molecular flexibility index (Phi) is 4.35. The largest absolute Gasteiger partial charge is 0.445 e. The Hall–Kier alpha value is -2.12. The van der Waals surface area contributed by atoms with Gasteiger partial charge in [0.2, 0.25) is 11.0 Å². The van der Waals surface area contributed by atoms with Crippen molar-refractivity contribution < 1.29 is 14.3 Å². The Morgan fingerprint density at radius 2 is 1.96 bits per heavy atom. The lowest BCUT2D eigenvalue weighted by atomic mass is 9.69. The lowest BCUT2D eigenvalue weighted by molar-refractivity contribution is -0.126. The Labute approximate surface area is 150 Å². The zero-order valence-electron chi connectivity index (χ0n) is 13.9. The molecule has 1 saturated heterocycles. The summed E-state index contributed by atoms with van der Waals surface area (Å²) in [6.45, 7) is 3.36. The van der Waals surface area contributed by atoms with Gasteiger partial charge < -0.3 is 20.1 Å². The number of anilines is 1. The van der Waals surface area contributed by atoms with Crippen molar-refractivity contribution >= 4 is 22.9 Å². The van der Waals surface area contributed by atoms with E-state index in [0.29, 0.717) is 5.06 Å². The Bertz CT molecular complexity index is 749. The maximum absolute atomic E-state index is 11.8. The number of benzene rings is 1. The number of nitrogens with two attached hydrogens (primary N) is 1. The van der Waals surface area contributed by atoms with Crippen molar-refractivity contribution in [3.05, 3.63) is 35.5 Å². The molecule has 0 spiro atoms. The molecule has 6 nitrogen and oxygen atoms in total. The third-order valence-corrected chi connectivity index (χ3v) is 6.08. The first-order chi connectivity index (χ1) is 12.2. The molecule has 7 heteroatoms. The number of hydrogen-bond acceptors (Lipinski definition) is 6. The summed E-state index contributed by atoms with van der Waals surface area (Å²) >= 11 is 1.41. The summed E-state index contributed by atoms with van der Waals surface area (Å²) < 4.78 is 11.3. The monoisotopic (exact) mass is 359 g/mol. The van der Waals surface area contributed by atoms with Crippen LogP contribution in [-0.4, -0.2) is 37.2 Å². The highest BCUT2D eigenvalue weighted by atomic mass is 32.1. The molecule has 2 fully saturated rings. The van der Waals surface area contributed by atoms with E-state index in [1.54, 1.807) is 6.20 Å². The fourth-order valence-corrected chi connectivity index (χ4v) is 4.33. The first-order valence-corrected chi connectivity index (χ1v) is 9.36. The molecule has 0 unspecified atom stereocenters. The second-order valence-electron chi connectivity index (χ2n) is 6.48. The second kappa shape index (κ2) is 6.65. The summed E-state index contributed by atoms with van der Waals surface area (Å²) in [6, 6.07) is 8.02. The molecule has 1 aliphatic carbocycles. The van der Waals surface area contributed by atoms with Gasteiger partial charge in [-0.25, -0.2) is 4.98 Å². The van der Waals surface area contributed by atoms with Crippen LogP contribution in [-0.2, 0) is 14.9 Å². The molecule has 2 aromatic rings. The summed E-state index contributed by atoms with van der Waals surface area (Å²) in [5, 5.41) is 1.45. The van der Waals surface area contributed by atoms with Gasteiger partial charge in [0.05, 0.1) is 19.4 Å². The summed E-state index contributed by atoms with van der Waals surface area (Å²) in [6.07, 6.45) is 4.26. The van der Waals surface area contributed by atoms with Gasteiger partial charge in [0.25, 0.3) is 0 Å². The van der Waals surface area contributed by atoms with Crippen LogP contribution in [0.15, 0.2) is 30.5 Å². The Balaban J connectivity index is 1.45. The summed E-state index contributed by atoms with van der Waals surface area (Å²) in [7, 11) is 0. The average Bonchev–Trinajstić information content (AvgIpc) is 3.03. The maximum Gasteiger partial charge on any atom is 0.230 e. The molecular weight excluding hydrogens is 338 g/mol. The molecule has 2 aliphatic rings. The van der Waals surface area contributed by atoms with Gasteiger partial charge in [-0.2, -0.15) is 0 Å². The Morgan fingerprint density at radius 3 is 2.56 bits per heavy atom. The van der Waals surface area contributed by atoms with E-state index in [-0.39, 0.29) is 5.91 Å². The van der Waals surface area contributed by atoms with Gasteiger partial charge in [-0.15, -0.1) is 0 Å². The number of aromatic nitrogens is 1. The minimum Gasteiger partial charge on any atom is -0.445 e. The highest BCUT2D eigenvalue weighted by Crippen LogP contribution is 2.46. The molecule has 1 aromatic carbocycles. The highest BCUT2D eigenvalue weighted by Gasteiger charge is 2.46. The van der Waals surface area contributed by atoms with Crippen molar-refractivity contribution in [2.75, 3.05) is 31.2 Å². The maximum atomic E-state index is 11.8. The molecule has 0 bridgehead atoms. The van der Waals surface area contributed by atoms with Crippen LogP contribution in [0.5, 0.6) is 10.8 Å². The molecule has 2 N–H and O–H groups in total. The molecule has 1 saturated carbocycles. The van der Waals surface area contributed by atoms with Gasteiger partial charge in [-0.1, -0.05) is 17.8 Å². The van der Waals surface area contributed by atoms with Gasteiger partial charge in [-0.05, 0) is 37.1 Å². The summed E-state index contributed by atoms with van der Waals surface area (Å²) in [4.78, 5) is 18.5. The minimum atomic E-state index is -0.577. The van der Waals surface area contributed by atoms with Crippen LogP contribution in [0.2, 0.25) is 0 Å². The van der Waals surface area contributed by atoms with Crippen LogP contribution < -0.4 is 15.4 Å². The zero-order chi connectivity index (χ0) is 17.3. The average molecular weight is 359 g/mol. The SMILES string of the molecule is NC(=O)C1(c2ncc(Oc3ccc(N4CCOCC4)cc3)s2)CCC1. The van der Waals surface area contributed by atoms with Crippen LogP contribution in [0, 0.1) is 0 Å². The second-order valence-corrected chi connectivity index (χ2v) is 7.47. The molecule has 25 heavy (non-hydrogen) atoms. The minimum absolute atomic E-state index is 0.283. The number of nitrogens with zero attached hydrogens (tertiary/aromatic N) is 2. The van der Waals surface area contributed by atoms with E-state index < -0.39 is 5.41 Å². The van der Waals surface area contributed by atoms with E-state index in [9.17, 15) is 4.79 Å². The zero-order valence-corrected chi connectivity index (χ0v) is 14.8. The number of morpholine rings is 1. The number of carbonyl (C=O) groups is 1. The topological polar surface area (TPSA) is 77.7 Å². The van der Waals surface area contributed by atoms with Crippen LogP contribution in [0.3, 0.4) is 0 Å². The van der Waals surface area contributed by atoms with Gasteiger partial charge in [0, 0.05) is 18.8 Å². The lowest BCUT2D eigenvalue weighted by Gasteiger charge is -2.36. The fourth-order valence-electron chi connectivity index (χ4n) is 3.29. The molecule has 2 heterocycles.